The van der Waals surface area contributed by atoms with Gasteiger partial charge >= 0.3 is 0 Å². The first kappa shape index (κ1) is 26.2. The third kappa shape index (κ3) is 7.06. The summed E-state index contributed by atoms with van der Waals surface area (Å²) in [7, 11) is 1.46. The van der Waals surface area contributed by atoms with E-state index in [9.17, 15) is 10.1 Å². The molecule has 3 aromatic carbocycles. The summed E-state index contributed by atoms with van der Waals surface area (Å²) in [4.78, 5) is 12.6. The van der Waals surface area contributed by atoms with Gasteiger partial charge in [0.15, 0.2) is 11.5 Å². The molecular formula is C26H21Cl3N2O4. The van der Waals surface area contributed by atoms with Crippen LogP contribution in [0.1, 0.15) is 18.1 Å². The Balaban J connectivity index is 1.78. The standard InChI is InChI=1S/C26H21Cl3N2O4/c1-3-34-21-8-6-20(7-9-21)31-26(32)18(14-30)10-16-11-23(29)25(24(12-16)33-2)35-15-17-4-5-19(27)13-22(17)28/h4-13H,3,15H2,1-2H3,(H,31,32)/b18-10-. The number of hydrogen-bond acceptors (Lipinski definition) is 5. The number of methoxy groups -OCH3 is 1. The highest BCUT2D eigenvalue weighted by Gasteiger charge is 2.15. The average molecular weight is 532 g/mol. The normalized spacial score (nSPS) is 10.9. The molecular weight excluding hydrogens is 511 g/mol. The summed E-state index contributed by atoms with van der Waals surface area (Å²) in [6, 6.07) is 17.0. The number of ether oxygens (including phenoxy) is 3. The quantitative estimate of drug-likeness (QED) is 0.234. The molecule has 0 atom stereocenters. The van der Waals surface area contributed by atoms with Crippen molar-refractivity contribution in [2.75, 3.05) is 19.0 Å². The molecule has 0 spiro atoms. The van der Waals surface area contributed by atoms with E-state index in [4.69, 9.17) is 49.0 Å². The summed E-state index contributed by atoms with van der Waals surface area (Å²) in [5.41, 5.74) is 1.62. The average Bonchev–Trinajstić information content (AvgIpc) is 2.83. The first-order valence-corrected chi connectivity index (χ1v) is 11.6. The van der Waals surface area contributed by atoms with E-state index in [-0.39, 0.29) is 17.2 Å². The first-order chi connectivity index (χ1) is 16.8. The topological polar surface area (TPSA) is 80.6 Å². The number of carbonyl (C=O) groups excluding carboxylic acids is 1. The Kier molecular flexibility index (Phi) is 9.27. The van der Waals surface area contributed by atoms with Crippen LogP contribution >= 0.6 is 34.8 Å². The fourth-order valence-electron chi connectivity index (χ4n) is 3.07. The number of nitriles is 1. The number of nitrogens with one attached hydrogen (secondary N) is 1. The van der Waals surface area contributed by atoms with Crippen LogP contribution in [0.4, 0.5) is 5.69 Å². The first-order valence-electron chi connectivity index (χ1n) is 10.4. The van der Waals surface area contributed by atoms with Gasteiger partial charge in [0.2, 0.25) is 0 Å². The minimum atomic E-state index is -0.565. The molecule has 0 heterocycles. The van der Waals surface area contributed by atoms with E-state index in [0.29, 0.717) is 45.2 Å². The zero-order valence-corrected chi connectivity index (χ0v) is 21.2. The van der Waals surface area contributed by atoms with E-state index in [2.05, 4.69) is 5.32 Å². The highest BCUT2D eigenvalue weighted by Crippen LogP contribution is 2.38. The molecule has 3 rings (SSSR count). The van der Waals surface area contributed by atoms with Crippen LogP contribution in [0.15, 0.2) is 60.2 Å². The number of anilines is 1. The lowest BCUT2D eigenvalue weighted by Crippen LogP contribution is -2.13. The van der Waals surface area contributed by atoms with Gasteiger partial charge in [0, 0.05) is 21.3 Å². The molecule has 0 aliphatic rings. The van der Waals surface area contributed by atoms with Crippen LogP contribution in [0.2, 0.25) is 15.1 Å². The van der Waals surface area contributed by atoms with Crippen molar-refractivity contribution in [1.82, 2.24) is 0 Å². The molecule has 0 bridgehead atoms. The molecule has 1 amide bonds. The van der Waals surface area contributed by atoms with Gasteiger partial charge in [-0.3, -0.25) is 4.79 Å². The van der Waals surface area contributed by atoms with Crippen molar-refractivity contribution >= 4 is 52.5 Å². The molecule has 0 unspecified atom stereocenters. The molecule has 0 saturated carbocycles. The number of amides is 1. The second-order valence-corrected chi connectivity index (χ2v) is 8.39. The van der Waals surface area contributed by atoms with Gasteiger partial charge in [0.05, 0.1) is 18.7 Å². The molecule has 0 aliphatic carbocycles. The predicted octanol–water partition coefficient (Wildman–Crippen LogP) is 7.18. The Labute approximate surface area is 218 Å². The minimum Gasteiger partial charge on any atom is -0.494 e. The van der Waals surface area contributed by atoms with Crippen LogP contribution < -0.4 is 19.5 Å². The maximum absolute atomic E-state index is 12.6. The number of hydrogen-bond donors (Lipinski definition) is 1. The zero-order valence-electron chi connectivity index (χ0n) is 18.9. The second kappa shape index (κ2) is 12.4. The lowest BCUT2D eigenvalue weighted by atomic mass is 10.1. The number of rotatable bonds is 9. The SMILES string of the molecule is CCOc1ccc(NC(=O)/C(C#N)=C\c2cc(Cl)c(OCc3ccc(Cl)cc3Cl)c(OC)c2)cc1. The lowest BCUT2D eigenvalue weighted by molar-refractivity contribution is -0.112. The monoisotopic (exact) mass is 530 g/mol. The Morgan fingerprint density at radius 3 is 2.40 bits per heavy atom. The summed E-state index contributed by atoms with van der Waals surface area (Å²) < 4.78 is 16.7. The van der Waals surface area contributed by atoms with Gasteiger partial charge in [0.25, 0.3) is 5.91 Å². The predicted molar refractivity (Wildman–Crippen MR) is 139 cm³/mol. The highest BCUT2D eigenvalue weighted by molar-refractivity contribution is 6.35. The Bertz CT molecular complexity index is 1280. The summed E-state index contributed by atoms with van der Waals surface area (Å²) in [5, 5.41) is 13.5. The van der Waals surface area contributed by atoms with Crippen molar-refractivity contribution < 1.29 is 19.0 Å². The Morgan fingerprint density at radius 1 is 1.03 bits per heavy atom. The third-order valence-corrected chi connectivity index (χ3v) is 5.61. The number of carbonyl (C=O) groups is 1. The second-order valence-electron chi connectivity index (χ2n) is 7.14. The van der Waals surface area contributed by atoms with Gasteiger partial charge in [-0.1, -0.05) is 40.9 Å². The maximum Gasteiger partial charge on any atom is 0.266 e. The molecule has 180 valence electrons. The van der Waals surface area contributed by atoms with Crippen molar-refractivity contribution in [2.24, 2.45) is 0 Å². The van der Waals surface area contributed by atoms with E-state index in [1.807, 2.05) is 13.0 Å². The van der Waals surface area contributed by atoms with E-state index < -0.39 is 5.91 Å². The number of halogens is 3. The summed E-state index contributed by atoms with van der Waals surface area (Å²) in [5.74, 6) is 0.751. The molecule has 0 aromatic heterocycles. The largest absolute Gasteiger partial charge is 0.494 e. The lowest BCUT2D eigenvalue weighted by Gasteiger charge is -2.14. The molecule has 0 radical (unpaired) electrons. The van der Waals surface area contributed by atoms with Crippen LogP contribution in [0.25, 0.3) is 6.08 Å². The maximum atomic E-state index is 12.6. The highest BCUT2D eigenvalue weighted by atomic mass is 35.5. The summed E-state index contributed by atoms with van der Waals surface area (Å²) in [6.07, 6.45) is 1.41. The van der Waals surface area contributed by atoms with Gasteiger partial charge in [-0.05, 0) is 67.1 Å². The molecule has 0 aliphatic heterocycles. The fraction of sp³-hybridized carbons (Fsp3) is 0.154. The molecule has 6 nitrogen and oxygen atoms in total. The van der Waals surface area contributed by atoms with Crippen LogP contribution in [-0.4, -0.2) is 19.6 Å². The van der Waals surface area contributed by atoms with Gasteiger partial charge in [-0.25, -0.2) is 0 Å². The minimum absolute atomic E-state index is 0.112. The van der Waals surface area contributed by atoms with Gasteiger partial charge in [0.1, 0.15) is 24.0 Å². The molecule has 0 fully saturated rings. The number of benzene rings is 3. The molecule has 1 N–H and O–H groups in total. The van der Waals surface area contributed by atoms with E-state index in [1.54, 1.807) is 54.6 Å². The van der Waals surface area contributed by atoms with Crippen molar-refractivity contribution in [3.63, 3.8) is 0 Å². The van der Waals surface area contributed by atoms with Crippen LogP contribution in [0, 0.1) is 11.3 Å². The molecule has 35 heavy (non-hydrogen) atoms. The summed E-state index contributed by atoms with van der Waals surface area (Å²) in [6.45, 7) is 2.56. The van der Waals surface area contributed by atoms with E-state index in [0.717, 1.165) is 5.56 Å². The Hall–Kier alpha value is -3.37. The molecule has 0 saturated heterocycles. The molecule has 9 heteroatoms. The van der Waals surface area contributed by atoms with Crippen molar-refractivity contribution in [3.8, 4) is 23.3 Å². The zero-order chi connectivity index (χ0) is 25.4. The van der Waals surface area contributed by atoms with Crippen LogP contribution in [-0.2, 0) is 11.4 Å². The third-order valence-electron chi connectivity index (χ3n) is 4.74. The van der Waals surface area contributed by atoms with Gasteiger partial charge in [-0.2, -0.15) is 5.26 Å². The number of nitrogens with zero attached hydrogens (tertiary/aromatic N) is 1. The van der Waals surface area contributed by atoms with Gasteiger partial charge in [-0.15, -0.1) is 0 Å². The summed E-state index contributed by atoms with van der Waals surface area (Å²) >= 11 is 18.6. The van der Waals surface area contributed by atoms with E-state index in [1.165, 1.54) is 13.2 Å². The smallest absolute Gasteiger partial charge is 0.266 e. The van der Waals surface area contributed by atoms with Crippen molar-refractivity contribution in [2.45, 2.75) is 13.5 Å². The van der Waals surface area contributed by atoms with Gasteiger partial charge < -0.3 is 19.5 Å². The van der Waals surface area contributed by atoms with E-state index >= 15 is 0 Å². The van der Waals surface area contributed by atoms with Crippen LogP contribution in [0.3, 0.4) is 0 Å². The fourth-order valence-corrected chi connectivity index (χ4v) is 3.80. The van der Waals surface area contributed by atoms with Crippen molar-refractivity contribution in [1.29, 1.82) is 5.26 Å². The molecule has 3 aromatic rings. The van der Waals surface area contributed by atoms with Crippen molar-refractivity contribution in [3.05, 3.63) is 86.4 Å². The van der Waals surface area contributed by atoms with Crippen LogP contribution in [0.5, 0.6) is 17.2 Å². The Morgan fingerprint density at radius 2 is 1.77 bits per heavy atom.